The van der Waals surface area contributed by atoms with Crippen LogP contribution in [0.4, 0.5) is 0 Å². The Labute approximate surface area is 93.4 Å². The Morgan fingerprint density at radius 3 is 2.53 bits per heavy atom. The van der Waals surface area contributed by atoms with Crippen molar-refractivity contribution in [1.82, 2.24) is 0 Å². The Bertz CT molecular complexity index is 185. The fraction of sp³-hybridized carbons (Fsp3) is 0.769. The molecule has 1 unspecified atom stereocenters. The molecule has 0 rings (SSSR count). The van der Waals surface area contributed by atoms with Gasteiger partial charge < -0.3 is 5.11 Å². The topological polar surface area (TPSA) is 37.3 Å². The zero-order valence-corrected chi connectivity index (χ0v) is 10.0. The van der Waals surface area contributed by atoms with Gasteiger partial charge in [-0.3, -0.25) is 4.79 Å². The number of Topliss-reactive ketones (excluding diaryl/α,β-unsaturated/α-hetero) is 1. The summed E-state index contributed by atoms with van der Waals surface area (Å²) in [5, 5.41) is 9.41. The van der Waals surface area contributed by atoms with Gasteiger partial charge in [0.2, 0.25) is 0 Å². The van der Waals surface area contributed by atoms with Gasteiger partial charge in [0.1, 0.15) is 5.78 Å². The van der Waals surface area contributed by atoms with Crippen molar-refractivity contribution in [3.05, 3.63) is 12.2 Å². The van der Waals surface area contributed by atoms with E-state index in [0.717, 1.165) is 12.8 Å². The van der Waals surface area contributed by atoms with Crippen LogP contribution in [0, 0.1) is 0 Å². The third-order valence-electron chi connectivity index (χ3n) is 2.33. The number of hydrogen-bond acceptors (Lipinski definition) is 2. The molecule has 2 heteroatoms. The molecule has 1 N–H and O–H groups in total. The maximum Gasteiger partial charge on any atom is 0.132 e. The van der Waals surface area contributed by atoms with E-state index in [-0.39, 0.29) is 5.78 Å². The number of aliphatic hydroxyl groups excluding tert-OH is 1. The standard InChI is InChI=1S/C13H24O2/c1-3-4-5-6-7-8-9-10-13(15)11-12(2)14/h7-8,13,15H,3-6,9-11H2,1-2H3/b8-7+. The third-order valence-corrected chi connectivity index (χ3v) is 2.33. The number of allylic oxidation sites excluding steroid dienone is 2. The summed E-state index contributed by atoms with van der Waals surface area (Å²) >= 11 is 0. The van der Waals surface area contributed by atoms with Gasteiger partial charge in [-0.05, 0) is 32.6 Å². The first-order chi connectivity index (χ1) is 7.16. The molecule has 0 aromatic rings. The highest BCUT2D eigenvalue weighted by Crippen LogP contribution is 2.05. The van der Waals surface area contributed by atoms with Crippen molar-refractivity contribution in [1.29, 1.82) is 0 Å². The lowest BCUT2D eigenvalue weighted by Crippen LogP contribution is -2.10. The summed E-state index contributed by atoms with van der Waals surface area (Å²) in [5.74, 6) is 0.0643. The highest BCUT2D eigenvalue weighted by molar-refractivity contribution is 5.75. The van der Waals surface area contributed by atoms with E-state index in [1.165, 1.54) is 26.2 Å². The molecule has 2 nitrogen and oxygen atoms in total. The van der Waals surface area contributed by atoms with Crippen molar-refractivity contribution in [2.45, 2.75) is 64.9 Å². The molecule has 88 valence electrons. The summed E-state index contributed by atoms with van der Waals surface area (Å²) in [6, 6.07) is 0. The molecule has 0 amide bonds. The quantitative estimate of drug-likeness (QED) is 0.470. The van der Waals surface area contributed by atoms with E-state index in [2.05, 4.69) is 19.1 Å². The van der Waals surface area contributed by atoms with Crippen LogP contribution in [0.1, 0.15) is 58.8 Å². The number of carbonyl (C=O) groups is 1. The highest BCUT2D eigenvalue weighted by Gasteiger charge is 2.04. The Kier molecular flexibility index (Phi) is 9.49. The molecule has 0 saturated carbocycles. The second kappa shape index (κ2) is 9.91. The minimum Gasteiger partial charge on any atom is -0.393 e. The summed E-state index contributed by atoms with van der Waals surface area (Å²) in [7, 11) is 0. The fourth-order valence-electron chi connectivity index (χ4n) is 1.47. The van der Waals surface area contributed by atoms with Crippen LogP contribution in [0.2, 0.25) is 0 Å². The lowest BCUT2D eigenvalue weighted by molar-refractivity contribution is -0.118. The predicted molar refractivity (Wildman–Crippen MR) is 63.8 cm³/mol. The van der Waals surface area contributed by atoms with Crippen LogP contribution in [0.15, 0.2) is 12.2 Å². The molecular weight excluding hydrogens is 188 g/mol. The molecule has 0 aliphatic carbocycles. The molecule has 0 heterocycles. The molecule has 0 fully saturated rings. The summed E-state index contributed by atoms with van der Waals surface area (Å²) < 4.78 is 0. The second-order valence-corrected chi connectivity index (χ2v) is 4.10. The lowest BCUT2D eigenvalue weighted by Gasteiger charge is -2.05. The number of ketones is 1. The van der Waals surface area contributed by atoms with Crippen LogP contribution >= 0.6 is 0 Å². The number of unbranched alkanes of at least 4 members (excludes halogenated alkanes) is 3. The van der Waals surface area contributed by atoms with E-state index in [1.807, 2.05) is 0 Å². The van der Waals surface area contributed by atoms with Crippen LogP contribution in [0.5, 0.6) is 0 Å². The van der Waals surface area contributed by atoms with Crippen LogP contribution < -0.4 is 0 Å². The number of carbonyl (C=O) groups excluding carboxylic acids is 1. The van der Waals surface area contributed by atoms with E-state index in [0.29, 0.717) is 12.8 Å². The zero-order chi connectivity index (χ0) is 11.5. The number of hydrogen-bond donors (Lipinski definition) is 1. The van der Waals surface area contributed by atoms with Gasteiger partial charge in [0, 0.05) is 6.42 Å². The zero-order valence-electron chi connectivity index (χ0n) is 10.0. The molecule has 0 aromatic heterocycles. The largest absolute Gasteiger partial charge is 0.393 e. The van der Waals surface area contributed by atoms with Crippen LogP contribution in [0.3, 0.4) is 0 Å². The fourth-order valence-corrected chi connectivity index (χ4v) is 1.47. The van der Waals surface area contributed by atoms with Gasteiger partial charge in [0.05, 0.1) is 6.10 Å². The first-order valence-electron chi connectivity index (χ1n) is 5.99. The van der Waals surface area contributed by atoms with Crippen molar-refractivity contribution >= 4 is 5.78 Å². The summed E-state index contributed by atoms with van der Waals surface area (Å²) in [6.07, 6.45) is 10.6. The molecule has 0 aliphatic rings. The minimum atomic E-state index is -0.456. The van der Waals surface area contributed by atoms with Crippen molar-refractivity contribution in [3.63, 3.8) is 0 Å². The van der Waals surface area contributed by atoms with Gasteiger partial charge in [-0.15, -0.1) is 0 Å². The molecule has 0 saturated heterocycles. The van der Waals surface area contributed by atoms with Crippen LogP contribution in [-0.2, 0) is 4.79 Å². The Morgan fingerprint density at radius 2 is 1.93 bits per heavy atom. The van der Waals surface area contributed by atoms with Crippen molar-refractivity contribution < 1.29 is 9.90 Å². The van der Waals surface area contributed by atoms with Crippen LogP contribution in [-0.4, -0.2) is 17.0 Å². The lowest BCUT2D eigenvalue weighted by atomic mass is 10.1. The van der Waals surface area contributed by atoms with E-state index >= 15 is 0 Å². The average Bonchev–Trinajstić information content (AvgIpc) is 2.15. The molecule has 0 aliphatic heterocycles. The molecule has 1 atom stereocenters. The maximum atomic E-state index is 10.7. The van der Waals surface area contributed by atoms with Gasteiger partial charge in [-0.25, -0.2) is 0 Å². The Balaban J connectivity index is 3.32. The summed E-state index contributed by atoms with van der Waals surface area (Å²) in [4.78, 5) is 10.7. The van der Waals surface area contributed by atoms with E-state index in [4.69, 9.17) is 0 Å². The smallest absolute Gasteiger partial charge is 0.132 e. The summed E-state index contributed by atoms with van der Waals surface area (Å²) in [6.45, 7) is 3.71. The molecular formula is C13H24O2. The van der Waals surface area contributed by atoms with Gasteiger partial charge in [0.15, 0.2) is 0 Å². The normalized spacial score (nSPS) is 13.3. The van der Waals surface area contributed by atoms with Crippen molar-refractivity contribution in [3.8, 4) is 0 Å². The van der Waals surface area contributed by atoms with Gasteiger partial charge in [0.25, 0.3) is 0 Å². The Morgan fingerprint density at radius 1 is 1.27 bits per heavy atom. The predicted octanol–water partition coefficient (Wildman–Crippen LogP) is 3.24. The van der Waals surface area contributed by atoms with Crippen molar-refractivity contribution in [2.24, 2.45) is 0 Å². The summed E-state index contributed by atoms with van der Waals surface area (Å²) in [5.41, 5.74) is 0. The van der Waals surface area contributed by atoms with Crippen molar-refractivity contribution in [2.75, 3.05) is 0 Å². The Hall–Kier alpha value is -0.630. The number of aliphatic hydroxyl groups is 1. The van der Waals surface area contributed by atoms with Gasteiger partial charge in [-0.2, -0.15) is 0 Å². The second-order valence-electron chi connectivity index (χ2n) is 4.10. The first kappa shape index (κ1) is 14.4. The van der Waals surface area contributed by atoms with Gasteiger partial charge >= 0.3 is 0 Å². The molecule has 0 spiro atoms. The number of rotatable bonds is 9. The molecule has 15 heavy (non-hydrogen) atoms. The van der Waals surface area contributed by atoms with E-state index in [1.54, 1.807) is 0 Å². The molecule has 0 bridgehead atoms. The monoisotopic (exact) mass is 212 g/mol. The highest BCUT2D eigenvalue weighted by atomic mass is 16.3. The molecule has 0 aromatic carbocycles. The average molecular weight is 212 g/mol. The van der Waals surface area contributed by atoms with E-state index < -0.39 is 6.10 Å². The van der Waals surface area contributed by atoms with Gasteiger partial charge in [-0.1, -0.05) is 31.9 Å². The first-order valence-corrected chi connectivity index (χ1v) is 5.99. The maximum absolute atomic E-state index is 10.7. The minimum absolute atomic E-state index is 0.0643. The SMILES string of the molecule is CCCCC/C=C/CCC(O)CC(C)=O. The van der Waals surface area contributed by atoms with Crippen LogP contribution in [0.25, 0.3) is 0 Å². The van der Waals surface area contributed by atoms with E-state index in [9.17, 15) is 9.90 Å². The molecule has 0 radical (unpaired) electrons. The third kappa shape index (κ3) is 11.3.